The SMILES string of the molecule is Cc1cc2nc(NC(=O)c3c(Cl)cccc3Cl)[nH]c2cc1C. The number of imidazole rings is 1. The molecule has 22 heavy (non-hydrogen) atoms. The zero-order chi connectivity index (χ0) is 15.9. The Kier molecular flexibility index (Phi) is 3.81. The molecule has 0 aliphatic heterocycles. The van der Waals surface area contributed by atoms with Crippen molar-refractivity contribution in [1.29, 1.82) is 0 Å². The van der Waals surface area contributed by atoms with Gasteiger partial charge in [-0.25, -0.2) is 4.98 Å². The average Bonchev–Trinajstić information content (AvgIpc) is 2.80. The summed E-state index contributed by atoms with van der Waals surface area (Å²) < 4.78 is 0. The van der Waals surface area contributed by atoms with E-state index < -0.39 is 5.91 Å². The van der Waals surface area contributed by atoms with Crippen molar-refractivity contribution >= 4 is 46.1 Å². The smallest absolute Gasteiger partial charge is 0.261 e. The van der Waals surface area contributed by atoms with Crippen LogP contribution in [0, 0.1) is 13.8 Å². The van der Waals surface area contributed by atoms with Gasteiger partial charge in [0.2, 0.25) is 5.95 Å². The van der Waals surface area contributed by atoms with Gasteiger partial charge in [0.05, 0.1) is 26.6 Å². The summed E-state index contributed by atoms with van der Waals surface area (Å²) in [5, 5.41) is 3.29. The largest absolute Gasteiger partial charge is 0.324 e. The van der Waals surface area contributed by atoms with Gasteiger partial charge in [-0.2, -0.15) is 0 Å². The van der Waals surface area contributed by atoms with Crippen LogP contribution in [0.1, 0.15) is 21.5 Å². The number of benzene rings is 2. The molecule has 0 fully saturated rings. The standard InChI is InChI=1S/C16H13Cl2N3O/c1-8-6-12-13(7-9(8)2)20-16(19-12)21-15(22)14-10(17)4-3-5-11(14)18/h3-7H,1-2H3,(H2,19,20,21,22). The van der Waals surface area contributed by atoms with Gasteiger partial charge in [0, 0.05) is 0 Å². The van der Waals surface area contributed by atoms with E-state index >= 15 is 0 Å². The van der Waals surface area contributed by atoms with Crippen molar-refractivity contribution in [3.05, 3.63) is 57.1 Å². The molecular formula is C16H13Cl2N3O. The van der Waals surface area contributed by atoms with E-state index in [2.05, 4.69) is 15.3 Å². The number of amides is 1. The maximum absolute atomic E-state index is 12.3. The number of halogens is 2. The van der Waals surface area contributed by atoms with Crippen molar-refractivity contribution in [3.63, 3.8) is 0 Å². The molecule has 1 amide bonds. The molecule has 112 valence electrons. The molecule has 0 saturated heterocycles. The fourth-order valence-electron chi connectivity index (χ4n) is 2.21. The molecule has 1 heterocycles. The van der Waals surface area contributed by atoms with Crippen LogP contribution >= 0.6 is 23.2 Å². The molecule has 2 N–H and O–H groups in total. The topological polar surface area (TPSA) is 57.8 Å². The van der Waals surface area contributed by atoms with Gasteiger partial charge in [-0.1, -0.05) is 29.3 Å². The van der Waals surface area contributed by atoms with E-state index in [1.807, 2.05) is 26.0 Å². The van der Waals surface area contributed by atoms with Crippen molar-refractivity contribution in [3.8, 4) is 0 Å². The first kappa shape index (κ1) is 14.9. The second-order valence-electron chi connectivity index (χ2n) is 5.09. The highest BCUT2D eigenvalue weighted by molar-refractivity contribution is 6.40. The first-order valence-corrected chi connectivity index (χ1v) is 7.43. The maximum atomic E-state index is 12.3. The summed E-state index contributed by atoms with van der Waals surface area (Å²) in [6.07, 6.45) is 0. The van der Waals surface area contributed by atoms with Crippen LogP contribution in [0.2, 0.25) is 10.0 Å². The second kappa shape index (κ2) is 5.63. The molecule has 0 unspecified atom stereocenters. The normalized spacial score (nSPS) is 10.9. The third-order valence-electron chi connectivity index (χ3n) is 3.52. The highest BCUT2D eigenvalue weighted by atomic mass is 35.5. The lowest BCUT2D eigenvalue weighted by Crippen LogP contribution is -2.14. The summed E-state index contributed by atoms with van der Waals surface area (Å²) in [6, 6.07) is 8.89. The van der Waals surface area contributed by atoms with E-state index in [-0.39, 0.29) is 5.56 Å². The summed E-state index contributed by atoms with van der Waals surface area (Å²) in [6.45, 7) is 4.04. The van der Waals surface area contributed by atoms with Crippen LogP contribution in [-0.2, 0) is 0 Å². The number of aryl methyl sites for hydroxylation is 2. The van der Waals surface area contributed by atoms with Crippen molar-refractivity contribution in [2.45, 2.75) is 13.8 Å². The third kappa shape index (κ3) is 2.67. The number of aromatic amines is 1. The average molecular weight is 334 g/mol. The number of carbonyl (C=O) groups excluding carboxylic acids is 1. The Morgan fingerprint density at radius 2 is 1.77 bits per heavy atom. The first-order valence-electron chi connectivity index (χ1n) is 6.68. The van der Waals surface area contributed by atoms with Gasteiger partial charge >= 0.3 is 0 Å². The number of H-pyrrole nitrogens is 1. The number of aromatic nitrogens is 2. The number of fused-ring (bicyclic) bond motifs is 1. The highest BCUT2D eigenvalue weighted by Gasteiger charge is 2.16. The maximum Gasteiger partial charge on any atom is 0.261 e. The van der Waals surface area contributed by atoms with Gasteiger partial charge in [-0.15, -0.1) is 0 Å². The van der Waals surface area contributed by atoms with Gasteiger partial charge in [0.25, 0.3) is 5.91 Å². The van der Waals surface area contributed by atoms with Crippen molar-refractivity contribution in [2.24, 2.45) is 0 Å². The van der Waals surface area contributed by atoms with Gasteiger partial charge in [0.15, 0.2) is 0 Å². The summed E-state index contributed by atoms with van der Waals surface area (Å²) in [4.78, 5) is 19.8. The molecule has 6 heteroatoms. The molecule has 0 bridgehead atoms. The molecule has 3 aromatic rings. The molecule has 0 spiro atoms. The number of hydrogen-bond donors (Lipinski definition) is 2. The predicted octanol–water partition coefficient (Wildman–Crippen LogP) is 4.74. The molecule has 4 nitrogen and oxygen atoms in total. The zero-order valence-corrected chi connectivity index (χ0v) is 13.5. The highest BCUT2D eigenvalue weighted by Crippen LogP contribution is 2.25. The second-order valence-corrected chi connectivity index (χ2v) is 5.90. The Morgan fingerprint density at radius 1 is 1.14 bits per heavy atom. The molecule has 0 atom stereocenters. The van der Waals surface area contributed by atoms with Crippen LogP contribution in [0.3, 0.4) is 0 Å². The van der Waals surface area contributed by atoms with Crippen molar-refractivity contribution < 1.29 is 4.79 Å². The number of anilines is 1. The monoisotopic (exact) mass is 333 g/mol. The molecule has 0 saturated carbocycles. The Morgan fingerprint density at radius 3 is 2.45 bits per heavy atom. The molecule has 0 aliphatic rings. The number of carbonyl (C=O) groups is 1. The lowest BCUT2D eigenvalue weighted by atomic mass is 10.1. The van der Waals surface area contributed by atoms with Crippen molar-refractivity contribution in [2.75, 3.05) is 5.32 Å². The number of rotatable bonds is 2. The first-order chi connectivity index (χ1) is 10.5. The fourth-order valence-corrected chi connectivity index (χ4v) is 2.78. The number of nitrogens with one attached hydrogen (secondary N) is 2. The van der Waals surface area contributed by atoms with E-state index in [0.717, 1.165) is 22.2 Å². The van der Waals surface area contributed by atoms with E-state index in [1.54, 1.807) is 18.2 Å². The Hall–Kier alpha value is -2.04. The molecule has 3 rings (SSSR count). The van der Waals surface area contributed by atoms with Gasteiger partial charge in [-0.05, 0) is 49.2 Å². The summed E-state index contributed by atoms with van der Waals surface area (Å²) in [5.41, 5.74) is 4.19. The predicted molar refractivity (Wildman–Crippen MR) is 90.0 cm³/mol. The van der Waals surface area contributed by atoms with Crippen LogP contribution in [0.25, 0.3) is 11.0 Å². The summed E-state index contributed by atoms with van der Waals surface area (Å²) in [7, 11) is 0. The van der Waals surface area contributed by atoms with Crippen LogP contribution in [-0.4, -0.2) is 15.9 Å². The lowest BCUT2D eigenvalue weighted by molar-refractivity contribution is 0.102. The minimum atomic E-state index is -0.400. The molecule has 0 radical (unpaired) electrons. The van der Waals surface area contributed by atoms with Crippen LogP contribution < -0.4 is 5.32 Å². The fraction of sp³-hybridized carbons (Fsp3) is 0.125. The van der Waals surface area contributed by atoms with E-state index in [1.165, 1.54) is 0 Å². The Labute approximate surface area is 137 Å². The van der Waals surface area contributed by atoms with E-state index in [9.17, 15) is 4.79 Å². The summed E-state index contributed by atoms with van der Waals surface area (Å²) >= 11 is 12.1. The van der Waals surface area contributed by atoms with Gasteiger partial charge in [-0.3, -0.25) is 10.1 Å². The van der Waals surface area contributed by atoms with Crippen LogP contribution in [0.4, 0.5) is 5.95 Å². The van der Waals surface area contributed by atoms with E-state index in [4.69, 9.17) is 23.2 Å². The van der Waals surface area contributed by atoms with Gasteiger partial charge < -0.3 is 4.98 Å². The van der Waals surface area contributed by atoms with Crippen LogP contribution in [0.15, 0.2) is 30.3 Å². The Bertz CT molecular complexity index is 827. The zero-order valence-electron chi connectivity index (χ0n) is 12.0. The molecule has 1 aromatic heterocycles. The third-order valence-corrected chi connectivity index (χ3v) is 4.15. The van der Waals surface area contributed by atoms with Gasteiger partial charge in [0.1, 0.15) is 0 Å². The minimum Gasteiger partial charge on any atom is -0.324 e. The van der Waals surface area contributed by atoms with Crippen molar-refractivity contribution in [1.82, 2.24) is 9.97 Å². The molecule has 2 aromatic carbocycles. The minimum absolute atomic E-state index is 0.235. The number of nitrogens with zero attached hydrogens (tertiary/aromatic N) is 1. The van der Waals surface area contributed by atoms with E-state index in [0.29, 0.717) is 16.0 Å². The molecular weight excluding hydrogens is 321 g/mol. The summed E-state index contributed by atoms with van der Waals surface area (Å²) in [5.74, 6) is -0.0379. The Balaban J connectivity index is 1.94. The van der Waals surface area contributed by atoms with Crippen LogP contribution in [0.5, 0.6) is 0 Å². The number of hydrogen-bond acceptors (Lipinski definition) is 2. The lowest BCUT2D eigenvalue weighted by Gasteiger charge is -2.05. The quantitative estimate of drug-likeness (QED) is 0.711. The molecule has 0 aliphatic carbocycles.